The molecular formula is C16H22N2O. The van der Waals surface area contributed by atoms with Gasteiger partial charge in [0.15, 0.2) is 0 Å². The van der Waals surface area contributed by atoms with Crippen molar-refractivity contribution in [2.45, 2.75) is 32.1 Å². The van der Waals surface area contributed by atoms with Crippen molar-refractivity contribution < 1.29 is 4.79 Å². The fourth-order valence-corrected chi connectivity index (χ4v) is 3.84. The number of nitrogens with two attached hydrogens (primary N) is 1. The summed E-state index contributed by atoms with van der Waals surface area (Å²) in [5, 5.41) is 3.03. The van der Waals surface area contributed by atoms with Crippen LogP contribution in [0.15, 0.2) is 24.3 Å². The Labute approximate surface area is 114 Å². The third kappa shape index (κ3) is 2.75. The van der Waals surface area contributed by atoms with Crippen molar-refractivity contribution in [3.05, 3.63) is 29.8 Å². The molecule has 0 aromatic heterocycles. The molecule has 2 aliphatic carbocycles. The summed E-state index contributed by atoms with van der Waals surface area (Å²) >= 11 is 0. The fraction of sp³-hybridized carbons (Fsp3) is 0.562. The Morgan fingerprint density at radius 2 is 2.00 bits per heavy atom. The molecule has 2 saturated carbocycles. The average Bonchev–Trinajstić information content (AvgIpc) is 3.02. The molecule has 102 valence electrons. The summed E-state index contributed by atoms with van der Waals surface area (Å²) < 4.78 is 0. The van der Waals surface area contributed by atoms with E-state index in [4.69, 9.17) is 5.73 Å². The molecule has 0 heterocycles. The number of nitrogens with one attached hydrogen (secondary N) is 1. The van der Waals surface area contributed by atoms with Gasteiger partial charge in [0.05, 0.1) is 0 Å². The summed E-state index contributed by atoms with van der Waals surface area (Å²) in [7, 11) is 0. The number of nitrogen functional groups attached to an aromatic ring is 1. The Bertz CT molecular complexity index is 454. The molecule has 3 N–H and O–H groups in total. The van der Waals surface area contributed by atoms with Gasteiger partial charge in [0.25, 0.3) is 5.91 Å². The quantitative estimate of drug-likeness (QED) is 0.816. The van der Waals surface area contributed by atoms with Gasteiger partial charge in [-0.25, -0.2) is 0 Å². The van der Waals surface area contributed by atoms with Crippen molar-refractivity contribution in [2.75, 3.05) is 12.3 Å². The van der Waals surface area contributed by atoms with Crippen LogP contribution in [-0.2, 0) is 0 Å². The summed E-state index contributed by atoms with van der Waals surface area (Å²) in [4.78, 5) is 11.9. The number of hydrogen-bond acceptors (Lipinski definition) is 2. The topological polar surface area (TPSA) is 55.1 Å². The minimum absolute atomic E-state index is 0.0168. The Hall–Kier alpha value is -1.51. The number of anilines is 1. The largest absolute Gasteiger partial charge is 0.399 e. The highest BCUT2D eigenvalue weighted by atomic mass is 16.1. The number of amides is 1. The molecule has 1 aromatic carbocycles. The highest BCUT2D eigenvalue weighted by molar-refractivity contribution is 5.94. The Morgan fingerprint density at radius 3 is 2.63 bits per heavy atom. The van der Waals surface area contributed by atoms with E-state index in [1.807, 2.05) is 0 Å². The third-order valence-electron chi connectivity index (χ3n) is 4.86. The first-order valence-corrected chi connectivity index (χ1v) is 7.36. The van der Waals surface area contributed by atoms with Crippen LogP contribution in [-0.4, -0.2) is 12.5 Å². The Morgan fingerprint density at radius 1 is 1.21 bits per heavy atom. The zero-order valence-corrected chi connectivity index (χ0v) is 11.3. The van der Waals surface area contributed by atoms with E-state index in [9.17, 15) is 4.79 Å². The van der Waals surface area contributed by atoms with Crippen molar-refractivity contribution in [3.63, 3.8) is 0 Å². The molecule has 19 heavy (non-hydrogen) atoms. The molecule has 3 heteroatoms. The van der Waals surface area contributed by atoms with Crippen LogP contribution in [0.3, 0.4) is 0 Å². The van der Waals surface area contributed by atoms with E-state index in [0.717, 1.165) is 30.7 Å². The van der Waals surface area contributed by atoms with Gasteiger partial charge in [0.1, 0.15) is 0 Å². The van der Waals surface area contributed by atoms with E-state index < -0.39 is 0 Å². The number of hydrogen-bond donors (Lipinski definition) is 2. The molecule has 3 atom stereocenters. The van der Waals surface area contributed by atoms with Gasteiger partial charge in [0, 0.05) is 17.8 Å². The van der Waals surface area contributed by atoms with Crippen molar-refractivity contribution in [2.24, 2.45) is 17.8 Å². The first-order chi connectivity index (χ1) is 9.22. The van der Waals surface area contributed by atoms with Gasteiger partial charge in [0.2, 0.25) is 0 Å². The van der Waals surface area contributed by atoms with Crippen molar-refractivity contribution in [1.82, 2.24) is 5.32 Å². The van der Waals surface area contributed by atoms with Crippen LogP contribution in [0, 0.1) is 17.8 Å². The summed E-state index contributed by atoms with van der Waals surface area (Å²) in [6, 6.07) is 7.10. The Kier molecular flexibility index (Phi) is 3.45. The minimum atomic E-state index is 0.0168. The molecular weight excluding hydrogens is 236 g/mol. The van der Waals surface area contributed by atoms with Crippen molar-refractivity contribution in [1.29, 1.82) is 0 Å². The second kappa shape index (κ2) is 5.24. The third-order valence-corrected chi connectivity index (χ3v) is 4.86. The summed E-state index contributed by atoms with van der Waals surface area (Å²) in [6.07, 6.45) is 6.83. The van der Waals surface area contributed by atoms with E-state index in [-0.39, 0.29) is 5.91 Å². The lowest BCUT2D eigenvalue weighted by atomic mass is 9.86. The van der Waals surface area contributed by atoms with Gasteiger partial charge in [-0.15, -0.1) is 0 Å². The maximum Gasteiger partial charge on any atom is 0.251 e. The van der Waals surface area contributed by atoms with E-state index in [2.05, 4.69) is 5.32 Å². The molecule has 3 rings (SSSR count). The maximum atomic E-state index is 11.9. The number of fused-ring (bicyclic) bond motifs is 2. The smallest absolute Gasteiger partial charge is 0.251 e. The van der Waals surface area contributed by atoms with Gasteiger partial charge in [-0.3, -0.25) is 4.79 Å². The van der Waals surface area contributed by atoms with Crippen LogP contribution in [0.5, 0.6) is 0 Å². The first kappa shape index (κ1) is 12.5. The number of carbonyl (C=O) groups excluding carboxylic acids is 1. The van der Waals surface area contributed by atoms with E-state index >= 15 is 0 Å². The molecule has 0 aliphatic heterocycles. The fourth-order valence-electron chi connectivity index (χ4n) is 3.84. The maximum absolute atomic E-state index is 11.9. The van der Waals surface area contributed by atoms with Gasteiger partial charge in [-0.2, -0.15) is 0 Å². The van der Waals surface area contributed by atoms with Gasteiger partial charge >= 0.3 is 0 Å². The molecule has 0 spiro atoms. The molecule has 2 fully saturated rings. The van der Waals surface area contributed by atoms with Crippen molar-refractivity contribution in [3.8, 4) is 0 Å². The lowest BCUT2D eigenvalue weighted by Crippen LogP contribution is -2.27. The van der Waals surface area contributed by atoms with Gasteiger partial charge in [-0.1, -0.05) is 6.42 Å². The monoisotopic (exact) mass is 258 g/mol. The molecule has 0 saturated heterocycles. The summed E-state index contributed by atoms with van der Waals surface area (Å²) in [5.74, 6) is 2.80. The van der Waals surface area contributed by atoms with E-state index in [1.165, 1.54) is 25.7 Å². The van der Waals surface area contributed by atoms with Crippen LogP contribution in [0.2, 0.25) is 0 Å². The lowest BCUT2D eigenvalue weighted by Gasteiger charge is -2.21. The van der Waals surface area contributed by atoms with Crippen LogP contribution >= 0.6 is 0 Å². The standard InChI is InChI=1S/C16H22N2O/c17-15-5-3-12(4-6-15)16(19)18-8-7-14-10-11-1-2-13(14)9-11/h3-6,11,13-14H,1-2,7-10,17H2,(H,18,19). The first-order valence-electron chi connectivity index (χ1n) is 7.36. The highest BCUT2D eigenvalue weighted by Crippen LogP contribution is 2.49. The molecule has 2 bridgehead atoms. The van der Waals surface area contributed by atoms with Crippen LogP contribution in [0.1, 0.15) is 42.5 Å². The molecule has 3 nitrogen and oxygen atoms in total. The van der Waals surface area contributed by atoms with E-state index in [0.29, 0.717) is 11.3 Å². The molecule has 1 aromatic rings. The van der Waals surface area contributed by atoms with Crippen molar-refractivity contribution >= 4 is 11.6 Å². The SMILES string of the molecule is Nc1ccc(C(=O)NCCC2CC3CCC2C3)cc1. The van der Waals surface area contributed by atoms with Crippen LogP contribution in [0.4, 0.5) is 5.69 Å². The summed E-state index contributed by atoms with van der Waals surface area (Å²) in [5.41, 5.74) is 7.00. The second-order valence-corrected chi connectivity index (χ2v) is 6.10. The predicted molar refractivity (Wildman–Crippen MR) is 76.7 cm³/mol. The van der Waals surface area contributed by atoms with Gasteiger partial charge in [-0.05, 0) is 67.7 Å². The second-order valence-electron chi connectivity index (χ2n) is 6.10. The molecule has 3 unspecified atom stereocenters. The van der Waals surface area contributed by atoms with E-state index in [1.54, 1.807) is 24.3 Å². The normalized spacial score (nSPS) is 28.5. The van der Waals surface area contributed by atoms with Crippen LogP contribution < -0.4 is 11.1 Å². The zero-order chi connectivity index (χ0) is 13.2. The van der Waals surface area contributed by atoms with Gasteiger partial charge < -0.3 is 11.1 Å². The lowest BCUT2D eigenvalue weighted by molar-refractivity contribution is 0.0950. The number of carbonyl (C=O) groups is 1. The number of rotatable bonds is 4. The minimum Gasteiger partial charge on any atom is -0.399 e. The Balaban J connectivity index is 1.45. The predicted octanol–water partition coefficient (Wildman–Crippen LogP) is 2.82. The average molecular weight is 258 g/mol. The highest BCUT2D eigenvalue weighted by Gasteiger charge is 2.38. The molecule has 1 amide bonds. The summed E-state index contributed by atoms with van der Waals surface area (Å²) in [6.45, 7) is 0.803. The number of benzene rings is 1. The molecule has 2 aliphatic rings. The molecule has 0 radical (unpaired) electrons. The zero-order valence-electron chi connectivity index (χ0n) is 11.3. The van der Waals surface area contributed by atoms with Crippen LogP contribution in [0.25, 0.3) is 0 Å².